The maximum absolute atomic E-state index is 5.89. The van der Waals surface area contributed by atoms with Crippen LogP contribution in [0.2, 0.25) is 25.1 Å². The molecule has 45 heteroatoms. The number of hydrogen-bond donors (Lipinski definition) is 15. The van der Waals surface area contributed by atoms with Crippen molar-refractivity contribution in [3.05, 3.63) is 214 Å². The van der Waals surface area contributed by atoms with Crippen molar-refractivity contribution in [1.29, 1.82) is 0 Å². The van der Waals surface area contributed by atoms with E-state index >= 15 is 0 Å². The molecule has 0 amide bonds. The van der Waals surface area contributed by atoms with Crippen LogP contribution >= 0.6 is 92.0 Å². The van der Waals surface area contributed by atoms with Crippen molar-refractivity contribution in [2.45, 2.75) is 168 Å². The van der Waals surface area contributed by atoms with E-state index in [2.05, 4.69) is 239 Å². The Kier molecular flexibility index (Phi) is 48.2. The second-order valence-electron chi connectivity index (χ2n) is 35.8. The summed E-state index contributed by atoms with van der Waals surface area (Å²) in [6.07, 6.45) is 5.28. The van der Waals surface area contributed by atoms with E-state index in [1.54, 1.807) is 22.7 Å². The van der Waals surface area contributed by atoms with Crippen LogP contribution in [-0.4, -0.2) is 290 Å². The molecule has 8 aromatic rings. The van der Waals surface area contributed by atoms with E-state index in [9.17, 15) is 0 Å². The van der Waals surface area contributed by atoms with E-state index in [1.165, 1.54) is 14.6 Å². The topological polar surface area (TPSA) is 482 Å². The van der Waals surface area contributed by atoms with Crippen LogP contribution in [0.3, 0.4) is 0 Å². The molecular weight excluding hydrogens is 2000 g/mol. The van der Waals surface area contributed by atoms with Gasteiger partial charge in [0, 0.05) is 157 Å². The van der Waals surface area contributed by atoms with Crippen molar-refractivity contribution >= 4 is 215 Å². The van der Waals surface area contributed by atoms with Gasteiger partial charge in [-0.2, -0.15) is 0 Å². The molecule has 0 bridgehead atoms. The number of rotatable bonds is 14. The molecule has 37 nitrogen and oxygen atoms in total. The summed E-state index contributed by atoms with van der Waals surface area (Å²) in [5, 5.41) is 37.8. The summed E-state index contributed by atoms with van der Waals surface area (Å²) in [6.45, 7) is 27.2. The Balaban J connectivity index is 0.000000186. The number of nitrogens with two attached hydrogens (primary N) is 6. The average molecular weight is 2150 g/mol. The van der Waals surface area contributed by atoms with E-state index < -0.39 is 0 Å². The fourth-order valence-corrected chi connectivity index (χ4v) is 16.5. The number of nitrogens with zero attached hydrogens (tertiary/aromatic N) is 22. The van der Waals surface area contributed by atoms with Gasteiger partial charge in [-0.3, -0.25) is 71.5 Å². The lowest BCUT2D eigenvalue weighted by atomic mass is 10.2. The molecule has 3 aromatic heterocycles. The highest BCUT2D eigenvalue weighted by molar-refractivity contribution is 7.10. The van der Waals surface area contributed by atoms with Crippen LogP contribution in [0.25, 0.3) is 0 Å². The lowest BCUT2D eigenvalue weighted by Gasteiger charge is -2.23. The molecule has 8 aliphatic heterocycles. The Labute approximate surface area is 897 Å². The highest BCUT2D eigenvalue weighted by Crippen LogP contribution is 2.24. The second kappa shape index (κ2) is 60.3. The molecule has 11 heterocycles. The molecule has 0 fully saturated rings. The van der Waals surface area contributed by atoms with Gasteiger partial charge in [-0.05, 0) is 238 Å². The molecule has 0 aliphatic carbocycles. The number of anilines is 5. The zero-order chi connectivity index (χ0) is 106. The molecule has 5 aromatic carbocycles. The van der Waals surface area contributed by atoms with Gasteiger partial charge in [0.05, 0.1) is 113 Å². The van der Waals surface area contributed by atoms with Crippen LogP contribution < -0.4 is 92.1 Å². The number of nitrogens with one attached hydrogen (secondary N) is 9. The Morgan fingerprint density at radius 1 is 0.336 bits per heavy atom. The monoisotopic (exact) mass is 2150 g/mol. The normalized spacial score (nSPS) is 20.8. The number of aliphatic imine (C=N–C) groups is 16. The predicted octanol–water partition coefficient (Wildman–Crippen LogP) is 14.1. The highest BCUT2D eigenvalue weighted by atomic mass is 35.5. The van der Waals surface area contributed by atoms with Crippen LogP contribution in [0, 0.1) is 0 Å². The number of guanidine groups is 10. The van der Waals surface area contributed by atoms with Gasteiger partial charge in [0.2, 0.25) is 29.8 Å². The molecule has 16 rings (SSSR count). The molecule has 0 saturated heterocycles. The van der Waals surface area contributed by atoms with E-state index in [4.69, 9.17) is 97.4 Å². The first kappa shape index (κ1) is 117. The number of amidine groups is 6. The zero-order valence-electron chi connectivity index (χ0n) is 86.5. The smallest absolute Gasteiger partial charge is 0.205 e. The van der Waals surface area contributed by atoms with Crippen LogP contribution in [0.1, 0.15) is 103 Å². The second-order valence-corrected chi connectivity index (χ2v) is 41.1. The number of thiophene rings is 3. The summed E-state index contributed by atoms with van der Waals surface area (Å²) in [4.78, 5) is 87.8. The molecule has 0 saturated carbocycles. The Hall–Kier alpha value is -12.8. The maximum atomic E-state index is 5.89. The van der Waals surface area contributed by atoms with Crippen LogP contribution in [0.15, 0.2) is 254 Å². The van der Waals surface area contributed by atoms with Gasteiger partial charge in [-0.1, -0.05) is 76.2 Å². The Morgan fingerprint density at radius 2 is 0.692 bits per heavy atom. The van der Waals surface area contributed by atoms with Crippen molar-refractivity contribution < 1.29 is 0 Å². The van der Waals surface area contributed by atoms with Crippen molar-refractivity contribution in [3.8, 4) is 0 Å². The van der Waals surface area contributed by atoms with Gasteiger partial charge in [0.1, 0.15) is 35.0 Å². The lowest BCUT2D eigenvalue weighted by Crippen LogP contribution is -2.45. The lowest BCUT2D eigenvalue weighted by molar-refractivity contribution is 0.496. The van der Waals surface area contributed by atoms with Crippen molar-refractivity contribution in [3.63, 3.8) is 0 Å². The number of hydrogen-bond acceptors (Lipinski definition) is 39. The first-order chi connectivity index (χ1) is 69.7. The molecule has 0 spiro atoms. The molecular formula is C101H144Cl5N37S3. The number of benzene rings is 5. The fraction of sp³-hybridized carbons (Fsp3) is 0.426. The third-order valence-electron chi connectivity index (χ3n) is 22.4. The van der Waals surface area contributed by atoms with E-state index in [-0.39, 0.29) is 54.4 Å². The largest absolute Gasteiger partial charge is 0.387 e. The van der Waals surface area contributed by atoms with Crippen molar-refractivity contribution in [1.82, 2.24) is 51.5 Å². The van der Waals surface area contributed by atoms with Gasteiger partial charge < -0.3 is 85.1 Å². The summed E-state index contributed by atoms with van der Waals surface area (Å²) in [6, 6.07) is 51.5. The summed E-state index contributed by atoms with van der Waals surface area (Å²) >= 11 is 34.7. The SMILES string of the molecule is CC1CN=C(N(C)C)CC(N(C)CCc2cccs2)=N1.CC1CN=C(N(C)C)NC(Nc2ccc(Cl)cc2)=N1.CC1CN=C(N)CC(=NCCc2cccs2)N1.CC1CN=C(N)CC(N(C)CCc2cccs2)=N1.CC1CN=C(N)NC(N(C)c2ccc(Cl)cc2)=N1.CC1CN=C(N)NC(Nc2ccc(Cl)cc2)=N1.CC1N=C(N)NC(N(C)c2ccc(Cl)cc2)=NC1C.CC1N=C(N)NC(Nc2ccc(Cl)cc2)=NC1C. The minimum absolute atomic E-state index is 0.0574. The summed E-state index contributed by atoms with van der Waals surface area (Å²) < 4.78 is 0. The molecule has 10 atom stereocenters. The molecule has 0 radical (unpaired) electrons. The van der Waals surface area contributed by atoms with Crippen LogP contribution in [-0.2, 0) is 19.3 Å². The Bertz CT molecular complexity index is 5880. The van der Waals surface area contributed by atoms with Gasteiger partial charge in [0.25, 0.3) is 0 Å². The predicted molar refractivity (Wildman–Crippen MR) is 627 cm³/mol. The van der Waals surface area contributed by atoms with E-state index in [1.807, 2.05) is 224 Å². The highest BCUT2D eigenvalue weighted by Gasteiger charge is 2.25. The maximum Gasteiger partial charge on any atom is 0.205 e. The number of halogens is 5. The quantitative estimate of drug-likeness (QED) is 0.0481. The summed E-state index contributed by atoms with van der Waals surface area (Å²) in [7, 11) is 16.1. The van der Waals surface area contributed by atoms with Crippen molar-refractivity contribution in [2.24, 2.45) is 114 Å². The van der Waals surface area contributed by atoms with E-state index in [0.717, 1.165) is 116 Å². The summed E-state index contributed by atoms with van der Waals surface area (Å²) in [5.41, 5.74) is 39.3. The minimum Gasteiger partial charge on any atom is -0.387 e. The molecule has 21 N–H and O–H groups in total. The van der Waals surface area contributed by atoms with Crippen molar-refractivity contribution in [2.75, 3.05) is 141 Å². The molecule has 10 unspecified atom stereocenters. The van der Waals surface area contributed by atoms with Crippen LogP contribution in [0.5, 0.6) is 0 Å². The standard InChI is InChI=1S/C15H24N4S.2C13H18ClN5.C13H20N4S.2C12H16ClN5.C12H18N4S.C11H14ClN5/c1-12-11-16-14(18(2)3)10-15(17-12)19(4)8-7-13-6-5-9-20-13;1-9-8-15-13(19(2)3)18-12(16-9)17-11-6-4-10(14)5-7-11;1-8-9(2)17-13(18-12(15)16-8)19(3)11-6-4-10(14)5-7-11;1-10-9-15-12(14)8-13(16-10)17(2)6-5-11-4-3-7-18-11;1-8-7-15-11(14)17-12(16-8)18(2)10-5-3-9(13)4-6-10;1-7-8(2)16-12(18-11(14)15-7)17-10-5-3-9(13)4-6-10;1-9-8-15-11(13)7-12(16-9)14-5-4-10-3-2-6-17-10;1-7-6-14-10(13)17-11(15-7)16-9-4-2-8(12)3-5-9/h5-6,9,12H,7-8,10-11H2,1-4H3;4-7,9H,8H2,1-3H3,(H2,15,16,17,18);4-9H,1-3H3,(H3,15,16,17,18);3-4,7,10H,5-6,8-9H2,1-2H3,(H2,14,15);3-6,8H,7H2,1-2H3,(H3,14,15,16,17);3-8H,1-2H3,(H4,14,15,16,17,18);2-3,6,9H,4-5,7-8H2,1H3,(H2,13,15)(H,14,16);2-5,7H,6H2,1H3,(H4,13,14,15,16,17). The Morgan fingerprint density at radius 3 is 1.15 bits per heavy atom. The number of likely N-dealkylation sites (N-methyl/N-ethyl adjacent to an activating group) is 2. The average Bonchev–Trinajstić information content (AvgIpc) is 1.62. The first-order valence-corrected chi connectivity index (χ1v) is 52.7. The molecule has 786 valence electrons. The van der Waals surface area contributed by atoms with E-state index in [0.29, 0.717) is 135 Å². The minimum atomic E-state index is 0.0574. The van der Waals surface area contributed by atoms with Gasteiger partial charge >= 0.3 is 0 Å². The first-order valence-electron chi connectivity index (χ1n) is 48.2. The third-order valence-corrected chi connectivity index (χ3v) is 26.4. The zero-order valence-corrected chi connectivity index (χ0v) is 92.8. The summed E-state index contributed by atoms with van der Waals surface area (Å²) in [5.74, 6) is 11.2. The fourth-order valence-electron chi connectivity index (χ4n) is 13.8. The van der Waals surface area contributed by atoms with Gasteiger partial charge in [0.15, 0.2) is 29.8 Å². The molecule has 146 heavy (non-hydrogen) atoms. The van der Waals surface area contributed by atoms with Gasteiger partial charge in [-0.15, -0.1) is 34.0 Å². The molecule has 8 aliphatic rings. The van der Waals surface area contributed by atoms with Crippen LogP contribution in [0.4, 0.5) is 28.4 Å². The van der Waals surface area contributed by atoms with Gasteiger partial charge in [-0.25, -0.2) is 34.9 Å². The third kappa shape index (κ3) is 42.7.